The summed E-state index contributed by atoms with van der Waals surface area (Å²) in [6, 6.07) is 8.77. The number of aromatic nitrogens is 1. The van der Waals surface area contributed by atoms with Crippen molar-refractivity contribution in [2.24, 2.45) is 0 Å². The largest absolute Gasteiger partial charge is 0.456 e. The maximum Gasteiger partial charge on any atom is 0.303 e. The van der Waals surface area contributed by atoms with Gasteiger partial charge in [-0.3, -0.25) is 14.4 Å². The summed E-state index contributed by atoms with van der Waals surface area (Å²) in [6.07, 6.45) is 0. The minimum Gasteiger partial charge on any atom is -0.456 e. The third kappa shape index (κ3) is 3.19. The molecule has 0 fully saturated rings. The molecular weight excluding hydrogens is 248 g/mol. The van der Waals surface area contributed by atoms with Crippen LogP contribution in [0.3, 0.4) is 0 Å². The van der Waals surface area contributed by atoms with Crippen LogP contribution in [-0.4, -0.2) is 23.5 Å². The van der Waals surface area contributed by atoms with Crippen LogP contribution in [-0.2, 0) is 14.3 Å². The van der Waals surface area contributed by atoms with Crippen LogP contribution in [0.4, 0.5) is 5.69 Å². The molecule has 0 radical (unpaired) electrons. The topological polar surface area (TPSA) is 88.3 Å². The number of esters is 1. The molecule has 2 rings (SSSR count). The number of rotatable bonds is 3. The van der Waals surface area contributed by atoms with Crippen LogP contribution < -0.4 is 10.9 Å². The molecule has 6 heteroatoms. The van der Waals surface area contributed by atoms with Gasteiger partial charge in [-0.15, -0.1) is 0 Å². The first-order chi connectivity index (χ1) is 9.06. The molecule has 1 aromatic carbocycles. The molecule has 98 valence electrons. The summed E-state index contributed by atoms with van der Waals surface area (Å²) in [5.74, 6) is -1.11. The maximum absolute atomic E-state index is 11.7. The predicted octanol–water partition coefficient (Wildman–Crippen LogP) is 1.03. The molecule has 0 saturated heterocycles. The highest BCUT2D eigenvalue weighted by Gasteiger charge is 2.08. The van der Waals surface area contributed by atoms with E-state index in [4.69, 9.17) is 0 Å². The highest BCUT2D eigenvalue weighted by Crippen LogP contribution is 2.12. The minimum atomic E-state index is -0.559. The van der Waals surface area contributed by atoms with Crippen LogP contribution in [0.25, 0.3) is 10.9 Å². The van der Waals surface area contributed by atoms with Gasteiger partial charge in [0.15, 0.2) is 6.61 Å². The number of carbonyl (C=O) groups is 2. The monoisotopic (exact) mass is 260 g/mol. The van der Waals surface area contributed by atoms with Gasteiger partial charge in [0.05, 0.1) is 0 Å². The fourth-order valence-corrected chi connectivity index (χ4v) is 1.59. The summed E-state index contributed by atoms with van der Waals surface area (Å²) in [5, 5.41) is 3.19. The Kier molecular flexibility index (Phi) is 3.61. The van der Waals surface area contributed by atoms with Gasteiger partial charge >= 0.3 is 5.97 Å². The molecule has 2 N–H and O–H groups in total. The van der Waals surface area contributed by atoms with E-state index in [9.17, 15) is 14.4 Å². The number of H-pyrrole nitrogens is 1. The van der Waals surface area contributed by atoms with Gasteiger partial charge in [-0.1, -0.05) is 18.2 Å². The van der Waals surface area contributed by atoms with Crippen molar-refractivity contribution in [2.75, 3.05) is 11.9 Å². The van der Waals surface area contributed by atoms with E-state index >= 15 is 0 Å². The lowest BCUT2D eigenvalue weighted by molar-refractivity contribution is -0.144. The zero-order valence-corrected chi connectivity index (χ0v) is 10.2. The Labute approximate surface area is 108 Å². The number of hydrogen-bond acceptors (Lipinski definition) is 4. The van der Waals surface area contributed by atoms with E-state index in [1.807, 2.05) is 12.1 Å². The molecule has 0 saturated carbocycles. The van der Waals surface area contributed by atoms with E-state index in [-0.39, 0.29) is 5.69 Å². The Morgan fingerprint density at radius 1 is 1.32 bits per heavy atom. The Morgan fingerprint density at radius 2 is 2.05 bits per heavy atom. The van der Waals surface area contributed by atoms with Crippen molar-refractivity contribution in [1.82, 2.24) is 4.98 Å². The second-order valence-electron chi connectivity index (χ2n) is 3.93. The van der Waals surface area contributed by atoms with E-state index in [0.29, 0.717) is 5.52 Å². The molecule has 0 aliphatic heterocycles. The van der Waals surface area contributed by atoms with Crippen LogP contribution >= 0.6 is 0 Å². The number of para-hydroxylation sites is 1. The standard InChI is InChI=1S/C13H12N2O4/c1-8(16)19-7-12(17)14-11-6-9-4-2-3-5-10(9)15-13(11)18/h2-6H,7H2,1H3,(H,14,17)(H,15,18). The van der Waals surface area contributed by atoms with Gasteiger partial charge in [0, 0.05) is 17.8 Å². The van der Waals surface area contributed by atoms with Gasteiger partial charge in [0.1, 0.15) is 5.69 Å². The third-order valence-corrected chi connectivity index (χ3v) is 2.43. The molecule has 2 aromatic rings. The maximum atomic E-state index is 11.7. The van der Waals surface area contributed by atoms with Crippen molar-refractivity contribution in [3.8, 4) is 0 Å². The van der Waals surface area contributed by atoms with Crippen LogP contribution in [0.5, 0.6) is 0 Å². The van der Waals surface area contributed by atoms with E-state index in [1.165, 1.54) is 6.92 Å². The molecule has 6 nitrogen and oxygen atoms in total. The lowest BCUT2D eigenvalue weighted by Crippen LogP contribution is -2.24. The first-order valence-corrected chi connectivity index (χ1v) is 5.61. The Balaban J connectivity index is 2.20. The van der Waals surface area contributed by atoms with E-state index in [0.717, 1.165) is 5.39 Å². The summed E-state index contributed by atoms with van der Waals surface area (Å²) in [6.45, 7) is 0.789. The van der Waals surface area contributed by atoms with Crippen LogP contribution in [0.1, 0.15) is 6.92 Å². The average molecular weight is 260 g/mol. The number of ether oxygens (including phenoxy) is 1. The third-order valence-electron chi connectivity index (χ3n) is 2.43. The summed E-state index contributed by atoms with van der Waals surface area (Å²) in [7, 11) is 0. The number of anilines is 1. The highest BCUT2D eigenvalue weighted by molar-refractivity contribution is 5.94. The van der Waals surface area contributed by atoms with Gasteiger partial charge in [0.25, 0.3) is 11.5 Å². The lowest BCUT2D eigenvalue weighted by Gasteiger charge is -2.05. The van der Waals surface area contributed by atoms with Crippen LogP contribution in [0.15, 0.2) is 35.1 Å². The van der Waals surface area contributed by atoms with E-state index in [2.05, 4.69) is 15.0 Å². The number of carbonyl (C=O) groups excluding carboxylic acids is 2. The Hall–Kier alpha value is -2.63. The first-order valence-electron chi connectivity index (χ1n) is 5.61. The number of hydrogen-bond donors (Lipinski definition) is 2. The van der Waals surface area contributed by atoms with Crippen molar-refractivity contribution >= 4 is 28.5 Å². The van der Waals surface area contributed by atoms with E-state index < -0.39 is 24.0 Å². The first kappa shape index (κ1) is 12.8. The van der Waals surface area contributed by atoms with Gasteiger partial charge in [-0.25, -0.2) is 0 Å². The number of aromatic amines is 1. The second kappa shape index (κ2) is 5.34. The number of amides is 1. The zero-order chi connectivity index (χ0) is 13.8. The van der Waals surface area contributed by atoms with Crippen molar-refractivity contribution in [1.29, 1.82) is 0 Å². The fourth-order valence-electron chi connectivity index (χ4n) is 1.59. The van der Waals surface area contributed by atoms with Gasteiger partial charge in [-0.05, 0) is 12.1 Å². The van der Waals surface area contributed by atoms with Crippen LogP contribution in [0.2, 0.25) is 0 Å². The summed E-state index contributed by atoms with van der Waals surface area (Å²) in [5.41, 5.74) is 0.399. The van der Waals surface area contributed by atoms with Gasteiger partial charge in [-0.2, -0.15) is 0 Å². The SMILES string of the molecule is CC(=O)OCC(=O)Nc1cc2ccccc2[nH]c1=O. The summed E-state index contributed by atoms with van der Waals surface area (Å²) in [4.78, 5) is 36.4. The van der Waals surface area contributed by atoms with Gasteiger partial charge in [0.2, 0.25) is 0 Å². The van der Waals surface area contributed by atoms with Crippen molar-refractivity contribution < 1.29 is 14.3 Å². The van der Waals surface area contributed by atoms with Crippen molar-refractivity contribution in [3.63, 3.8) is 0 Å². The molecular formula is C13H12N2O4. The molecule has 1 amide bonds. The molecule has 1 aromatic heterocycles. The molecule has 0 bridgehead atoms. The highest BCUT2D eigenvalue weighted by atomic mass is 16.5. The van der Waals surface area contributed by atoms with Crippen LogP contribution in [0, 0.1) is 0 Å². The van der Waals surface area contributed by atoms with Crippen molar-refractivity contribution in [2.45, 2.75) is 6.92 Å². The van der Waals surface area contributed by atoms with E-state index in [1.54, 1.807) is 18.2 Å². The molecule has 19 heavy (non-hydrogen) atoms. The Bertz CT molecular complexity index is 690. The molecule has 0 spiro atoms. The minimum absolute atomic E-state index is 0.121. The summed E-state index contributed by atoms with van der Waals surface area (Å²) >= 11 is 0. The molecule has 0 atom stereocenters. The molecule has 0 aliphatic carbocycles. The smallest absolute Gasteiger partial charge is 0.303 e. The number of pyridine rings is 1. The van der Waals surface area contributed by atoms with Crippen molar-refractivity contribution in [3.05, 3.63) is 40.7 Å². The number of nitrogens with one attached hydrogen (secondary N) is 2. The number of benzene rings is 1. The number of fused-ring (bicyclic) bond motifs is 1. The predicted molar refractivity (Wildman–Crippen MR) is 69.8 cm³/mol. The quantitative estimate of drug-likeness (QED) is 0.807. The average Bonchev–Trinajstić information content (AvgIpc) is 2.37. The van der Waals surface area contributed by atoms with Gasteiger partial charge < -0.3 is 15.0 Å². The summed E-state index contributed by atoms with van der Waals surface area (Å²) < 4.78 is 4.54. The second-order valence-corrected chi connectivity index (χ2v) is 3.93. The fraction of sp³-hybridized carbons (Fsp3) is 0.154. The lowest BCUT2D eigenvalue weighted by atomic mass is 10.2. The molecule has 1 heterocycles. The molecule has 0 aliphatic rings. The Morgan fingerprint density at radius 3 is 2.79 bits per heavy atom. The molecule has 0 unspecified atom stereocenters. The normalized spacial score (nSPS) is 10.2. The zero-order valence-electron chi connectivity index (χ0n) is 10.2.